The first-order chi connectivity index (χ1) is 9.64. The number of amides is 2. The van der Waals surface area contributed by atoms with Gasteiger partial charge < -0.3 is 10.6 Å². The van der Waals surface area contributed by atoms with Gasteiger partial charge in [0.25, 0.3) is 0 Å². The van der Waals surface area contributed by atoms with Gasteiger partial charge in [-0.05, 0) is 48.6 Å². The van der Waals surface area contributed by atoms with Crippen LogP contribution in [0, 0.1) is 11.8 Å². The average molecular weight is 269 g/mol. The predicted molar refractivity (Wildman–Crippen MR) is 77.6 cm³/mol. The Balaban J connectivity index is 1.86. The minimum atomic E-state index is -0.337. The smallest absolute Gasteiger partial charge is 0.345 e. The highest BCUT2D eigenvalue weighted by Crippen LogP contribution is 2.51. The molecule has 0 aromatic heterocycles. The van der Waals surface area contributed by atoms with E-state index >= 15 is 0 Å². The van der Waals surface area contributed by atoms with Crippen LogP contribution in [0.2, 0.25) is 0 Å². The molecule has 20 heavy (non-hydrogen) atoms. The number of aliphatic imine (C=N–C) groups is 1. The van der Waals surface area contributed by atoms with Gasteiger partial charge in [0, 0.05) is 7.05 Å². The van der Waals surface area contributed by atoms with Crippen LogP contribution in [0.3, 0.4) is 0 Å². The number of fused-ring (bicyclic) bond motifs is 1. The second-order valence-electron chi connectivity index (χ2n) is 6.31. The number of carbonyl (C=O) groups is 1. The summed E-state index contributed by atoms with van der Waals surface area (Å²) in [5, 5.41) is 0. The standard InChI is InChI=1S/C16H19N3O/c1-19-15(20)18-14(17)16(19)12-6-7-13(16)9-11-5-3-2-4-10(11)8-12/h2-5,12-13H,6-9H2,1H3,(H2,17,18,20). The topological polar surface area (TPSA) is 58.7 Å². The molecular weight excluding hydrogens is 250 g/mol. The van der Waals surface area contributed by atoms with Crippen LogP contribution in [0.5, 0.6) is 0 Å². The largest absolute Gasteiger partial charge is 0.385 e. The lowest BCUT2D eigenvalue weighted by Gasteiger charge is -2.40. The number of nitrogens with two attached hydrogens (primary N) is 1. The van der Waals surface area contributed by atoms with Gasteiger partial charge in [-0.2, -0.15) is 4.99 Å². The van der Waals surface area contributed by atoms with Crippen molar-refractivity contribution in [3.63, 3.8) is 0 Å². The zero-order valence-electron chi connectivity index (χ0n) is 11.7. The number of nitrogens with zero attached hydrogens (tertiary/aromatic N) is 2. The Morgan fingerprint density at radius 3 is 2.20 bits per heavy atom. The van der Waals surface area contributed by atoms with Crippen molar-refractivity contribution in [3.05, 3.63) is 35.4 Å². The Morgan fingerprint density at radius 2 is 1.75 bits per heavy atom. The third kappa shape index (κ3) is 1.27. The van der Waals surface area contributed by atoms with Crippen molar-refractivity contribution in [1.82, 2.24) is 4.90 Å². The van der Waals surface area contributed by atoms with E-state index < -0.39 is 0 Å². The van der Waals surface area contributed by atoms with Crippen LogP contribution in [0.25, 0.3) is 0 Å². The highest BCUT2D eigenvalue weighted by molar-refractivity contribution is 6.06. The second kappa shape index (κ2) is 3.84. The Kier molecular flexibility index (Phi) is 2.29. The average Bonchev–Trinajstić information content (AvgIpc) is 2.81. The summed E-state index contributed by atoms with van der Waals surface area (Å²) >= 11 is 0. The van der Waals surface area contributed by atoms with Crippen molar-refractivity contribution in [2.45, 2.75) is 31.2 Å². The number of carbonyl (C=O) groups excluding carboxylic acids is 1. The summed E-state index contributed by atoms with van der Waals surface area (Å²) in [6.07, 6.45) is 4.26. The molecule has 0 radical (unpaired) electrons. The molecule has 104 valence electrons. The number of urea groups is 1. The molecular formula is C16H19N3O. The quantitative estimate of drug-likeness (QED) is 0.783. The number of hydrogen-bond acceptors (Lipinski definition) is 2. The minimum Gasteiger partial charge on any atom is -0.385 e. The molecule has 1 fully saturated rings. The Bertz CT molecular complexity index is 589. The molecule has 2 atom stereocenters. The molecule has 1 aromatic rings. The van der Waals surface area contributed by atoms with E-state index in [0.29, 0.717) is 17.7 Å². The number of rotatable bonds is 0. The fraction of sp³-hybridized carbons (Fsp3) is 0.500. The van der Waals surface area contributed by atoms with E-state index in [4.69, 9.17) is 5.73 Å². The summed E-state index contributed by atoms with van der Waals surface area (Å²) in [4.78, 5) is 17.9. The zero-order valence-corrected chi connectivity index (χ0v) is 11.7. The van der Waals surface area contributed by atoms with E-state index in [1.165, 1.54) is 11.1 Å². The number of likely N-dealkylation sites (N-methyl/N-ethyl adjacent to an activating group) is 1. The van der Waals surface area contributed by atoms with Crippen molar-refractivity contribution < 1.29 is 4.79 Å². The summed E-state index contributed by atoms with van der Waals surface area (Å²) in [7, 11) is 1.87. The first-order valence-corrected chi connectivity index (χ1v) is 7.33. The van der Waals surface area contributed by atoms with Crippen LogP contribution in [0.4, 0.5) is 4.79 Å². The van der Waals surface area contributed by atoms with Gasteiger partial charge in [0.2, 0.25) is 0 Å². The van der Waals surface area contributed by atoms with Gasteiger partial charge >= 0.3 is 6.03 Å². The lowest BCUT2D eigenvalue weighted by Crippen LogP contribution is -2.59. The van der Waals surface area contributed by atoms with Crippen LogP contribution >= 0.6 is 0 Å². The molecule has 1 heterocycles. The predicted octanol–water partition coefficient (Wildman–Crippen LogP) is 1.97. The molecule has 2 N–H and O–H groups in total. The summed E-state index contributed by atoms with van der Waals surface area (Å²) in [5.74, 6) is 1.35. The Hall–Kier alpha value is -1.84. The number of amidine groups is 1. The summed E-state index contributed by atoms with van der Waals surface area (Å²) < 4.78 is 0. The first kappa shape index (κ1) is 11.9. The van der Waals surface area contributed by atoms with Gasteiger partial charge in [-0.1, -0.05) is 24.3 Å². The first-order valence-electron chi connectivity index (χ1n) is 7.33. The molecule has 4 nitrogen and oxygen atoms in total. The third-order valence-electron chi connectivity index (χ3n) is 5.63. The van der Waals surface area contributed by atoms with Gasteiger partial charge in [-0.25, -0.2) is 4.79 Å². The lowest BCUT2D eigenvalue weighted by atomic mass is 9.77. The normalized spacial score (nSPS) is 35.1. The third-order valence-corrected chi connectivity index (χ3v) is 5.63. The summed E-state index contributed by atoms with van der Waals surface area (Å²) in [5.41, 5.74) is 8.73. The molecule has 1 spiro atoms. The molecule has 2 aliphatic carbocycles. The van der Waals surface area contributed by atoms with Crippen molar-refractivity contribution in [1.29, 1.82) is 0 Å². The van der Waals surface area contributed by atoms with E-state index in [1.54, 1.807) is 0 Å². The monoisotopic (exact) mass is 269 g/mol. The molecule has 2 bridgehead atoms. The van der Waals surface area contributed by atoms with Gasteiger partial charge in [-0.15, -0.1) is 0 Å². The van der Waals surface area contributed by atoms with E-state index in [1.807, 2.05) is 11.9 Å². The maximum absolute atomic E-state index is 12.0. The van der Waals surface area contributed by atoms with Crippen molar-refractivity contribution >= 4 is 11.9 Å². The molecule has 1 aliphatic heterocycles. The van der Waals surface area contributed by atoms with E-state index in [-0.39, 0.29) is 11.6 Å². The summed E-state index contributed by atoms with van der Waals surface area (Å²) in [6.45, 7) is 0. The SMILES string of the molecule is CN1C(=O)N=C(N)C12C1CCC2Cc2ccccc2C1. The lowest BCUT2D eigenvalue weighted by molar-refractivity contribution is 0.139. The highest BCUT2D eigenvalue weighted by atomic mass is 16.2. The fourth-order valence-corrected chi connectivity index (χ4v) is 4.74. The van der Waals surface area contributed by atoms with Gasteiger partial charge in [0.15, 0.2) is 0 Å². The van der Waals surface area contributed by atoms with Crippen LogP contribution in [0.1, 0.15) is 24.0 Å². The van der Waals surface area contributed by atoms with Gasteiger partial charge in [0.05, 0.1) is 0 Å². The van der Waals surface area contributed by atoms with Crippen molar-refractivity contribution in [3.8, 4) is 0 Å². The van der Waals surface area contributed by atoms with Gasteiger partial charge in [0.1, 0.15) is 11.4 Å². The second-order valence-corrected chi connectivity index (χ2v) is 6.31. The number of hydrogen-bond donors (Lipinski definition) is 1. The Morgan fingerprint density at radius 1 is 1.20 bits per heavy atom. The maximum atomic E-state index is 12.0. The molecule has 3 aliphatic rings. The summed E-state index contributed by atoms with van der Waals surface area (Å²) in [6, 6.07) is 8.46. The molecule has 2 amide bonds. The maximum Gasteiger partial charge on any atom is 0.345 e. The van der Waals surface area contributed by atoms with Crippen molar-refractivity contribution in [2.75, 3.05) is 7.05 Å². The fourth-order valence-electron chi connectivity index (χ4n) is 4.74. The van der Waals surface area contributed by atoms with Crippen LogP contribution in [0.15, 0.2) is 29.3 Å². The minimum absolute atomic E-state index is 0.176. The van der Waals surface area contributed by atoms with E-state index in [2.05, 4.69) is 29.3 Å². The zero-order chi connectivity index (χ0) is 13.9. The molecule has 1 aromatic carbocycles. The molecule has 2 unspecified atom stereocenters. The highest BCUT2D eigenvalue weighted by Gasteiger charge is 2.60. The molecule has 4 heteroatoms. The van der Waals surface area contributed by atoms with E-state index in [0.717, 1.165) is 25.7 Å². The van der Waals surface area contributed by atoms with E-state index in [9.17, 15) is 4.79 Å². The molecule has 0 saturated heterocycles. The molecule has 1 saturated carbocycles. The van der Waals surface area contributed by atoms with Crippen LogP contribution in [-0.2, 0) is 12.8 Å². The number of benzene rings is 1. The van der Waals surface area contributed by atoms with Crippen molar-refractivity contribution in [2.24, 2.45) is 22.6 Å². The van der Waals surface area contributed by atoms with Gasteiger partial charge in [-0.3, -0.25) is 0 Å². The Labute approximate surface area is 118 Å². The van der Waals surface area contributed by atoms with Crippen LogP contribution in [-0.4, -0.2) is 29.4 Å². The van der Waals surface area contributed by atoms with Crippen LogP contribution < -0.4 is 5.73 Å². The molecule has 4 rings (SSSR count).